The number of hydrogen-bond donors (Lipinski definition) is 2. The average Bonchev–Trinajstić information content (AvgIpc) is 2.67. The number of rotatable bonds is 6. The first-order valence-corrected chi connectivity index (χ1v) is 5.58. The van der Waals surface area contributed by atoms with Gasteiger partial charge >= 0.3 is 0 Å². The van der Waals surface area contributed by atoms with Gasteiger partial charge in [-0.25, -0.2) is 0 Å². The van der Waals surface area contributed by atoms with E-state index in [-0.39, 0.29) is 0 Å². The Morgan fingerprint density at radius 3 is 2.79 bits per heavy atom. The zero-order valence-corrected chi connectivity index (χ0v) is 9.51. The maximum atomic E-state index is 3.52. The molecule has 0 saturated heterocycles. The van der Waals surface area contributed by atoms with Crippen molar-refractivity contribution in [3.63, 3.8) is 0 Å². The highest BCUT2D eigenvalue weighted by atomic mass is 14.9. The molecule has 0 fully saturated rings. The summed E-state index contributed by atoms with van der Waals surface area (Å²) in [6, 6.07) is 4.76. The number of aromatic amines is 1. The predicted molar refractivity (Wildman–Crippen MR) is 61.2 cm³/mol. The molecule has 0 radical (unpaired) electrons. The maximum absolute atomic E-state index is 3.52. The van der Waals surface area contributed by atoms with E-state index in [4.69, 9.17) is 0 Å². The van der Waals surface area contributed by atoms with E-state index < -0.39 is 0 Å². The highest BCUT2D eigenvalue weighted by molar-refractivity contribution is 5.03. The van der Waals surface area contributed by atoms with Crippen molar-refractivity contribution in [2.75, 3.05) is 0 Å². The molecule has 0 aliphatic carbocycles. The molecule has 0 saturated carbocycles. The van der Waals surface area contributed by atoms with Crippen LogP contribution in [-0.2, 0) is 6.54 Å². The lowest BCUT2D eigenvalue weighted by Crippen LogP contribution is -2.27. The quantitative estimate of drug-likeness (QED) is 0.716. The zero-order chi connectivity index (χ0) is 10.4. The zero-order valence-electron chi connectivity index (χ0n) is 9.51. The molecule has 2 heteroatoms. The van der Waals surface area contributed by atoms with E-state index >= 15 is 0 Å². The van der Waals surface area contributed by atoms with Crippen LogP contribution in [0.4, 0.5) is 0 Å². The Hall–Kier alpha value is -0.760. The first-order chi connectivity index (χ1) is 6.72. The van der Waals surface area contributed by atoms with Gasteiger partial charge in [-0.1, -0.05) is 20.3 Å². The number of aromatic nitrogens is 1. The molecule has 0 aromatic carbocycles. The molecule has 1 heterocycles. The number of nitrogens with one attached hydrogen (secondary N) is 2. The molecule has 2 atom stereocenters. The summed E-state index contributed by atoms with van der Waals surface area (Å²) in [6.07, 6.45) is 4.50. The van der Waals surface area contributed by atoms with E-state index in [1.165, 1.54) is 18.5 Å². The maximum Gasteiger partial charge on any atom is 0.0359 e. The summed E-state index contributed by atoms with van der Waals surface area (Å²) in [5, 5.41) is 3.52. The summed E-state index contributed by atoms with van der Waals surface area (Å²) < 4.78 is 0. The molecule has 0 aliphatic rings. The van der Waals surface area contributed by atoms with Gasteiger partial charge in [-0.3, -0.25) is 0 Å². The molecule has 2 nitrogen and oxygen atoms in total. The van der Waals surface area contributed by atoms with E-state index in [1.54, 1.807) is 0 Å². The first-order valence-electron chi connectivity index (χ1n) is 5.58. The second-order valence-electron chi connectivity index (χ2n) is 4.23. The molecular formula is C12H22N2. The third-order valence-corrected chi connectivity index (χ3v) is 2.76. The van der Waals surface area contributed by atoms with Gasteiger partial charge in [-0.2, -0.15) is 0 Å². The Morgan fingerprint density at radius 2 is 2.21 bits per heavy atom. The normalized spacial score (nSPS) is 15.4. The van der Waals surface area contributed by atoms with Gasteiger partial charge < -0.3 is 10.3 Å². The second-order valence-corrected chi connectivity index (χ2v) is 4.23. The van der Waals surface area contributed by atoms with E-state index in [0.717, 1.165) is 12.5 Å². The van der Waals surface area contributed by atoms with Gasteiger partial charge in [-0.15, -0.1) is 0 Å². The monoisotopic (exact) mass is 194 g/mol. The molecule has 14 heavy (non-hydrogen) atoms. The van der Waals surface area contributed by atoms with E-state index in [1.807, 2.05) is 12.3 Å². The summed E-state index contributed by atoms with van der Waals surface area (Å²) in [4.78, 5) is 3.20. The summed E-state index contributed by atoms with van der Waals surface area (Å²) >= 11 is 0. The summed E-state index contributed by atoms with van der Waals surface area (Å²) in [6.45, 7) is 7.77. The van der Waals surface area contributed by atoms with Crippen LogP contribution in [0.1, 0.15) is 39.3 Å². The lowest BCUT2D eigenvalue weighted by molar-refractivity contribution is 0.411. The van der Waals surface area contributed by atoms with Gasteiger partial charge in [0, 0.05) is 24.5 Å². The Kier molecular flexibility index (Phi) is 4.74. The molecule has 1 rings (SSSR count). The van der Waals surface area contributed by atoms with E-state index in [2.05, 4.69) is 37.1 Å². The first kappa shape index (κ1) is 11.3. The summed E-state index contributed by atoms with van der Waals surface area (Å²) in [7, 11) is 0. The third-order valence-electron chi connectivity index (χ3n) is 2.76. The Labute approximate surface area is 87.1 Å². The molecule has 0 spiro atoms. The minimum atomic E-state index is 0.605. The van der Waals surface area contributed by atoms with E-state index in [0.29, 0.717) is 6.04 Å². The van der Waals surface area contributed by atoms with Crippen LogP contribution in [-0.4, -0.2) is 11.0 Å². The van der Waals surface area contributed by atoms with Crippen molar-refractivity contribution in [2.24, 2.45) is 5.92 Å². The molecule has 1 aromatic rings. The molecule has 0 bridgehead atoms. The molecule has 80 valence electrons. The number of H-pyrrole nitrogens is 1. The van der Waals surface area contributed by atoms with Gasteiger partial charge in [0.1, 0.15) is 0 Å². The molecule has 2 unspecified atom stereocenters. The molecule has 1 aromatic heterocycles. The topological polar surface area (TPSA) is 27.8 Å². The van der Waals surface area contributed by atoms with Gasteiger partial charge in [0.15, 0.2) is 0 Å². The van der Waals surface area contributed by atoms with Crippen LogP contribution < -0.4 is 5.32 Å². The van der Waals surface area contributed by atoms with Crippen molar-refractivity contribution in [3.05, 3.63) is 24.0 Å². The van der Waals surface area contributed by atoms with Crippen LogP contribution in [0.25, 0.3) is 0 Å². The van der Waals surface area contributed by atoms with Crippen LogP contribution in [0.3, 0.4) is 0 Å². The average molecular weight is 194 g/mol. The lowest BCUT2D eigenvalue weighted by atomic mass is 10.0. The molecule has 2 N–H and O–H groups in total. The van der Waals surface area contributed by atoms with E-state index in [9.17, 15) is 0 Å². The molecular weight excluding hydrogens is 172 g/mol. The minimum Gasteiger partial charge on any atom is -0.364 e. The third kappa shape index (κ3) is 3.97. The van der Waals surface area contributed by atoms with Crippen LogP contribution in [0.2, 0.25) is 0 Å². The largest absolute Gasteiger partial charge is 0.364 e. The molecule has 0 aliphatic heterocycles. The standard InChI is InChI=1S/C12H22N2/c1-4-10(2)8-11(3)14-9-12-6-5-7-13-12/h5-7,10-11,13-14H,4,8-9H2,1-3H3. The van der Waals surface area contributed by atoms with Crippen molar-refractivity contribution in [1.29, 1.82) is 0 Å². The van der Waals surface area contributed by atoms with Crippen molar-refractivity contribution < 1.29 is 0 Å². The predicted octanol–water partition coefficient (Wildman–Crippen LogP) is 2.93. The van der Waals surface area contributed by atoms with Gasteiger partial charge in [-0.05, 0) is 31.4 Å². The molecule has 0 amide bonds. The van der Waals surface area contributed by atoms with Gasteiger partial charge in [0.25, 0.3) is 0 Å². The highest BCUT2D eigenvalue weighted by Gasteiger charge is 2.06. The van der Waals surface area contributed by atoms with Crippen LogP contribution >= 0.6 is 0 Å². The Balaban J connectivity index is 2.18. The lowest BCUT2D eigenvalue weighted by Gasteiger charge is -2.16. The van der Waals surface area contributed by atoms with Crippen molar-refractivity contribution in [2.45, 2.75) is 46.2 Å². The second kappa shape index (κ2) is 5.86. The fourth-order valence-electron chi connectivity index (χ4n) is 1.62. The summed E-state index contributed by atoms with van der Waals surface area (Å²) in [5.74, 6) is 0.821. The Bertz CT molecular complexity index is 228. The number of hydrogen-bond acceptors (Lipinski definition) is 1. The highest BCUT2D eigenvalue weighted by Crippen LogP contribution is 2.09. The van der Waals surface area contributed by atoms with Crippen LogP contribution in [0.15, 0.2) is 18.3 Å². The van der Waals surface area contributed by atoms with Crippen molar-refractivity contribution >= 4 is 0 Å². The van der Waals surface area contributed by atoms with Crippen LogP contribution in [0, 0.1) is 5.92 Å². The Morgan fingerprint density at radius 1 is 1.43 bits per heavy atom. The fraction of sp³-hybridized carbons (Fsp3) is 0.667. The smallest absolute Gasteiger partial charge is 0.0359 e. The van der Waals surface area contributed by atoms with Gasteiger partial charge in [0.05, 0.1) is 0 Å². The fourth-order valence-corrected chi connectivity index (χ4v) is 1.62. The van der Waals surface area contributed by atoms with Crippen LogP contribution in [0.5, 0.6) is 0 Å². The van der Waals surface area contributed by atoms with Crippen molar-refractivity contribution in [1.82, 2.24) is 10.3 Å². The minimum absolute atomic E-state index is 0.605. The van der Waals surface area contributed by atoms with Crippen molar-refractivity contribution in [3.8, 4) is 0 Å². The van der Waals surface area contributed by atoms with Gasteiger partial charge in [0.2, 0.25) is 0 Å². The SMILES string of the molecule is CCC(C)CC(C)NCc1ccc[nH]1. The summed E-state index contributed by atoms with van der Waals surface area (Å²) in [5.41, 5.74) is 1.26.